The molecule has 16 heteroatoms. The van der Waals surface area contributed by atoms with Gasteiger partial charge in [-0.2, -0.15) is 0 Å². The predicted octanol–water partition coefficient (Wildman–Crippen LogP) is 6.11. The van der Waals surface area contributed by atoms with Crippen LogP contribution in [0.15, 0.2) is 24.5 Å². The number of aromatic amines is 2. The van der Waals surface area contributed by atoms with Crippen LogP contribution in [0.2, 0.25) is 0 Å². The van der Waals surface area contributed by atoms with Gasteiger partial charge in [0, 0.05) is 24.0 Å². The highest BCUT2D eigenvalue weighted by atomic mass is 19.1. The van der Waals surface area contributed by atoms with Crippen LogP contribution in [-0.2, 0) is 31.9 Å². The summed E-state index contributed by atoms with van der Waals surface area (Å²) in [6.45, 7) is 7.04. The van der Waals surface area contributed by atoms with Crippen molar-refractivity contribution >= 4 is 24.0 Å². The first kappa shape index (κ1) is 40.2. The van der Waals surface area contributed by atoms with Gasteiger partial charge in [-0.25, -0.2) is 28.3 Å². The number of ether oxygens (including phenoxy) is 2. The second-order valence-corrected chi connectivity index (χ2v) is 16.9. The summed E-state index contributed by atoms with van der Waals surface area (Å²) in [6.07, 6.45) is 6.03. The van der Waals surface area contributed by atoms with E-state index in [1.165, 1.54) is 35.1 Å². The minimum absolute atomic E-state index is 0.0805. The average molecular weight is 793 g/mol. The number of hydrogen-bond donors (Lipinski definition) is 4. The zero-order valence-electron chi connectivity index (χ0n) is 33.5. The summed E-state index contributed by atoms with van der Waals surface area (Å²) in [5.41, 5.74) is 6.03. The van der Waals surface area contributed by atoms with Crippen molar-refractivity contribution in [3.8, 4) is 22.5 Å². The van der Waals surface area contributed by atoms with Crippen LogP contribution in [0, 0.1) is 17.3 Å². The lowest BCUT2D eigenvalue weighted by Gasteiger charge is -2.29. The summed E-state index contributed by atoms with van der Waals surface area (Å²) in [4.78, 5) is 70.9. The monoisotopic (exact) mass is 792 g/mol. The van der Waals surface area contributed by atoms with E-state index in [9.17, 15) is 19.2 Å². The second kappa shape index (κ2) is 16.1. The van der Waals surface area contributed by atoms with E-state index < -0.39 is 60.5 Å². The molecule has 2 aromatic heterocycles. The highest BCUT2D eigenvalue weighted by molar-refractivity contribution is 5.87. The molecule has 2 saturated heterocycles. The number of alkyl carbamates (subject to hydrolysis) is 2. The molecule has 57 heavy (non-hydrogen) atoms. The number of aromatic nitrogens is 4. The van der Waals surface area contributed by atoms with Crippen molar-refractivity contribution < 1.29 is 37.4 Å². The molecule has 7 rings (SSSR count). The Balaban J connectivity index is 1.18. The van der Waals surface area contributed by atoms with Crippen LogP contribution in [0.25, 0.3) is 22.5 Å². The smallest absolute Gasteiger partial charge is 0.407 e. The van der Waals surface area contributed by atoms with Crippen molar-refractivity contribution in [2.75, 3.05) is 27.3 Å². The van der Waals surface area contributed by atoms with Crippen LogP contribution >= 0.6 is 0 Å². The molecule has 6 atom stereocenters. The number of imidazole rings is 2. The minimum atomic E-state index is -1.25. The van der Waals surface area contributed by atoms with Crippen LogP contribution < -0.4 is 10.6 Å². The van der Waals surface area contributed by atoms with Crippen LogP contribution in [0.4, 0.5) is 18.4 Å². The summed E-state index contributed by atoms with van der Waals surface area (Å²) in [5, 5.41) is 5.22. The number of fused-ring (bicyclic) bond motifs is 1. The molecule has 14 nitrogen and oxygen atoms in total. The molecule has 1 unspecified atom stereocenters. The molecule has 3 aromatic rings. The van der Waals surface area contributed by atoms with E-state index in [0.717, 1.165) is 61.0 Å². The molecule has 1 aromatic carbocycles. The van der Waals surface area contributed by atoms with E-state index in [4.69, 9.17) is 19.4 Å². The minimum Gasteiger partial charge on any atom is -0.453 e. The molecular weight excluding hydrogens is 738 g/mol. The molecular formula is C41H54F2N8O6. The van der Waals surface area contributed by atoms with Gasteiger partial charge in [0.25, 0.3) is 0 Å². The Kier molecular flexibility index (Phi) is 11.3. The molecule has 1 saturated carbocycles. The first-order valence-corrected chi connectivity index (χ1v) is 20.1. The van der Waals surface area contributed by atoms with Crippen molar-refractivity contribution in [2.24, 2.45) is 17.3 Å². The van der Waals surface area contributed by atoms with Gasteiger partial charge in [-0.1, -0.05) is 52.7 Å². The highest BCUT2D eigenvalue weighted by Crippen LogP contribution is 2.53. The molecule has 4 N–H and O–H groups in total. The molecule has 4 heterocycles. The fraction of sp³-hybridized carbons (Fsp3) is 0.610. The third-order valence-corrected chi connectivity index (χ3v) is 12.5. The van der Waals surface area contributed by atoms with Gasteiger partial charge in [-0.15, -0.1) is 0 Å². The molecule has 4 aliphatic rings. The average Bonchev–Trinajstić information content (AvgIpc) is 4.04. The Morgan fingerprint density at radius 2 is 1.14 bits per heavy atom. The van der Waals surface area contributed by atoms with Crippen LogP contribution in [0.5, 0.6) is 0 Å². The van der Waals surface area contributed by atoms with E-state index >= 15 is 8.78 Å². The Bertz CT molecular complexity index is 1860. The lowest BCUT2D eigenvalue weighted by atomic mass is 9.83. The number of halogens is 2. The van der Waals surface area contributed by atoms with Crippen molar-refractivity contribution in [1.29, 1.82) is 0 Å². The first-order valence-electron chi connectivity index (χ1n) is 20.1. The molecule has 1 spiro atoms. The third-order valence-electron chi connectivity index (χ3n) is 12.5. The van der Waals surface area contributed by atoms with Gasteiger partial charge in [-0.3, -0.25) is 9.59 Å². The Labute approximate surface area is 331 Å². The van der Waals surface area contributed by atoms with Gasteiger partial charge >= 0.3 is 12.2 Å². The zero-order valence-corrected chi connectivity index (χ0v) is 33.5. The normalized spacial score (nSPS) is 23.6. The van der Waals surface area contributed by atoms with Gasteiger partial charge < -0.3 is 39.9 Å². The molecule has 308 valence electrons. The maximum atomic E-state index is 15.0. The van der Waals surface area contributed by atoms with Crippen LogP contribution in [0.1, 0.15) is 101 Å². The highest BCUT2D eigenvalue weighted by Gasteiger charge is 2.45. The number of nitrogens with one attached hydrogen (secondary N) is 4. The number of H-pyrrole nitrogens is 2. The lowest BCUT2D eigenvalue weighted by molar-refractivity contribution is -0.136. The van der Waals surface area contributed by atoms with E-state index in [-0.39, 0.29) is 43.2 Å². The van der Waals surface area contributed by atoms with Crippen LogP contribution in [0.3, 0.4) is 0 Å². The zero-order chi connectivity index (χ0) is 40.8. The number of likely N-dealkylation sites (tertiary alicyclic amines) is 2. The number of amides is 4. The van der Waals surface area contributed by atoms with Crippen molar-refractivity contribution in [3.05, 3.63) is 47.3 Å². The van der Waals surface area contributed by atoms with Gasteiger partial charge in [0.1, 0.15) is 36.1 Å². The molecule has 0 bridgehead atoms. The van der Waals surface area contributed by atoms with Gasteiger partial charge in [-0.05, 0) is 54.1 Å². The van der Waals surface area contributed by atoms with Crippen LogP contribution in [-0.4, -0.2) is 105 Å². The second-order valence-electron chi connectivity index (χ2n) is 16.9. The number of methoxy groups -OCH3 is 2. The van der Waals surface area contributed by atoms with Crippen molar-refractivity contribution in [1.82, 2.24) is 40.4 Å². The fourth-order valence-corrected chi connectivity index (χ4v) is 9.51. The predicted molar refractivity (Wildman–Crippen MR) is 206 cm³/mol. The Hall–Kier alpha value is -5.02. The van der Waals surface area contributed by atoms with Gasteiger partial charge in [0.15, 0.2) is 0 Å². The number of carbonyl (C=O) groups excluding carboxylic acids is 4. The summed E-state index contributed by atoms with van der Waals surface area (Å²) < 4.78 is 39.6. The number of hydrogen-bond acceptors (Lipinski definition) is 8. The summed E-state index contributed by atoms with van der Waals surface area (Å²) in [5.74, 6) is -0.346. The van der Waals surface area contributed by atoms with E-state index in [2.05, 4.69) is 32.7 Å². The number of alkyl halides is 2. The SMILES string of the molecule is COC(=O)N[C@H](C(=O)N1C[C@H](F)CC1c1ncc(-c2ccc(-c3cnc([C@@H]4C[C@@H](F)CN4C(=O)[C@@H](NC(=O)OC)C(C)C)[nH]3)c3c2CC2(CCCC2)C3)[nH]1)C(C)C. The van der Waals surface area contributed by atoms with E-state index in [0.29, 0.717) is 11.6 Å². The number of carbonyl (C=O) groups is 4. The third kappa shape index (κ3) is 7.83. The standard InChI is InChI=1S/C41H54F2N8O6/c1-21(2)33(48-39(54)56-5)37(52)50-19-23(42)13-31(50)35-44-17-29(46-35)25-9-10-26(28-16-41(15-27(25)28)11-7-8-12-41)30-18-45-36(47-30)32-14-24(43)20-51(32)38(53)34(22(3)4)49-40(55)57-6/h9-10,17-18,21-24,31-34H,7-8,11-16,19-20H2,1-6H3,(H,44,46)(H,45,47)(H,48,54)(H,49,55)/t23-,24-,31+,32?,33+,34+/m1/s1. The van der Waals surface area contributed by atoms with Gasteiger partial charge in [0.2, 0.25) is 11.8 Å². The quantitative estimate of drug-likeness (QED) is 0.190. The summed E-state index contributed by atoms with van der Waals surface area (Å²) >= 11 is 0. The number of benzene rings is 1. The van der Waals surface area contributed by atoms with E-state index in [1.807, 2.05) is 27.7 Å². The molecule has 4 amide bonds. The van der Waals surface area contributed by atoms with Crippen molar-refractivity contribution in [3.63, 3.8) is 0 Å². The molecule has 2 aliphatic heterocycles. The summed E-state index contributed by atoms with van der Waals surface area (Å²) in [6, 6.07) is 1.04. The Morgan fingerprint density at radius 1 is 0.737 bits per heavy atom. The molecule has 3 fully saturated rings. The Morgan fingerprint density at radius 3 is 1.51 bits per heavy atom. The van der Waals surface area contributed by atoms with Crippen molar-refractivity contribution in [2.45, 2.75) is 116 Å². The molecule has 2 aliphatic carbocycles. The van der Waals surface area contributed by atoms with Gasteiger partial charge in [0.05, 0.1) is 63.2 Å². The maximum absolute atomic E-state index is 15.0. The maximum Gasteiger partial charge on any atom is 0.407 e. The topological polar surface area (TPSA) is 175 Å². The largest absolute Gasteiger partial charge is 0.453 e. The lowest BCUT2D eigenvalue weighted by Crippen LogP contribution is -2.51. The fourth-order valence-electron chi connectivity index (χ4n) is 9.51. The summed E-state index contributed by atoms with van der Waals surface area (Å²) in [7, 11) is 2.46. The van der Waals surface area contributed by atoms with E-state index in [1.54, 1.807) is 12.4 Å². The first-order chi connectivity index (χ1) is 27.2. The molecule has 0 radical (unpaired) electrons. The number of nitrogens with zero attached hydrogens (tertiary/aromatic N) is 4. The number of rotatable bonds is 10.